The van der Waals surface area contributed by atoms with E-state index in [1.165, 1.54) is 25.3 Å². The lowest BCUT2D eigenvalue weighted by Gasteiger charge is -2.37. The highest BCUT2D eigenvalue weighted by Gasteiger charge is 2.40. The van der Waals surface area contributed by atoms with Crippen molar-refractivity contribution in [3.63, 3.8) is 0 Å². The van der Waals surface area contributed by atoms with Crippen LogP contribution in [0.3, 0.4) is 0 Å². The van der Waals surface area contributed by atoms with Crippen LogP contribution in [0.1, 0.15) is 79.1 Å². The van der Waals surface area contributed by atoms with Crippen LogP contribution in [-0.4, -0.2) is 46.3 Å². The summed E-state index contributed by atoms with van der Waals surface area (Å²) in [6.07, 6.45) is -1.38. The molecule has 1 aliphatic rings. The van der Waals surface area contributed by atoms with E-state index in [0.717, 1.165) is 6.20 Å². The molecule has 1 fully saturated rings. The maximum absolute atomic E-state index is 14.7. The number of methoxy groups -OCH3 is 1. The van der Waals surface area contributed by atoms with Crippen molar-refractivity contribution in [1.29, 1.82) is 5.26 Å². The molecule has 1 amide bonds. The fraction of sp³-hybridized carbons (Fsp3) is 0.484. The number of amides is 1. The van der Waals surface area contributed by atoms with Gasteiger partial charge in [-0.2, -0.15) is 18.4 Å². The minimum Gasteiger partial charge on any atom is -0.495 e. The Balaban J connectivity index is 1.69. The minimum absolute atomic E-state index is 0.00517. The third-order valence-electron chi connectivity index (χ3n) is 8.29. The van der Waals surface area contributed by atoms with Gasteiger partial charge in [0.1, 0.15) is 17.5 Å². The summed E-state index contributed by atoms with van der Waals surface area (Å²) in [5, 5.41) is 9.36. The number of halogens is 3. The predicted molar refractivity (Wildman–Crippen MR) is 149 cm³/mol. The number of fused-ring (bicyclic) bond motifs is 1. The van der Waals surface area contributed by atoms with Crippen molar-refractivity contribution in [2.24, 2.45) is 18.4 Å². The predicted octanol–water partition coefficient (Wildman–Crippen LogP) is 6.29. The van der Waals surface area contributed by atoms with Crippen LogP contribution in [0.4, 0.5) is 13.2 Å². The summed E-state index contributed by atoms with van der Waals surface area (Å²) < 4.78 is 50.8. The Kier molecular flexibility index (Phi) is 8.21. The third-order valence-corrected chi connectivity index (χ3v) is 8.29. The number of ether oxygens (including phenoxy) is 1. The maximum atomic E-state index is 14.7. The first-order chi connectivity index (χ1) is 19.2. The third kappa shape index (κ3) is 5.95. The van der Waals surface area contributed by atoms with Crippen LogP contribution >= 0.6 is 0 Å². The van der Waals surface area contributed by atoms with Crippen LogP contribution in [-0.2, 0) is 24.4 Å². The summed E-state index contributed by atoms with van der Waals surface area (Å²) in [4.78, 5) is 32.3. The van der Waals surface area contributed by atoms with Crippen LogP contribution in [0.2, 0.25) is 0 Å². The Morgan fingerprint density at radius 3 is 2.41 bits per heavy atom. The lowest BCUT2D eigenvalue weighted by Crippen LogP contribution is -2.43. The molecule has 3 heterocycles. The molecule has 4 rings (SSSR count). The molecule has 1 aliphatic heterocycles. The van der Waals surface area contributed by atoms with Crippen molar-refractivity contribution in [3.8, 4) is 11.8 Å². The van der Waals surface area contributed by atoms with Gasteiger partial charge in [-0.3, -0.25) is 9.59 Å². The smallest absolute Gasteiger partial charge is 0.417 e. The number of alkyl halides is 3. The summed E-state index contributed by atoms with van der Waals surface area (Å²) in [5.74, 6) is -0.592. The van der Waals surface area contributed by atoms with Crippen LogP contribution in [0.25, 0.3) is 11.0 Å². The van der Waals surface area contributed by atoms with E-state index in [-0.39, 0.29) is 56.6 Å². The number of rotatable bonds is 6. The zero-order chi connectivity index (χ0) is 30.3. The number of nitrogens with zero attached hydrogens (tertiary/aromatic N) is 4. The number of hydrogen-bond acceptors (Lipinski definition) is 5. The van der Waals surface area contributed by atoms with Crippen molar-refractivity contribution in [1.82, 2.24) is 14.5 Å². The molecular weight excluding hydrogens is 533 g/mol. The summed E-state index contributed by atoms with van der Waals surface area (Å²) in [7, 11) is 3.05. The van der Waals surface area contributed by atoms with Gasteiger partial charge < -0.3 is 14.2 Å². The molecule has 1 aromatic carbocycles. The first kappa shape index (κ1) is 30.1. The van der Waals surface area contributed by atoms with E-state index in [9.17, 15) is 28.0 Å². The number of Topliss-reactive ketones (excluding diaryl/α,β-unsaturated/α-hetero) is 1. The van der Waals surface area contributed by atoms with E-state index in [0.29, 0.717) is 31.5 Å². The second-order valence-corrected chi connectivity index (χ2v) is 11.9. The van der Waals surface area contributed by atoms with Gasteiger partial charge in [-0.1, -0.05) is 27.7 Å². The molecular formula is C31H35F3N4O3. The number of benzene rings is 1. The van der Waals surface area contributed by atoms with E-state index < -0.39 is 23.9 Å². The van der Waals surface area contributed by atoms with Gasteiger partial charge in [0.15, 0.2) is 5.78 Å². The van der Waals surface area contributed by atoms with Crippen LogP contribution < -0.4 is 4.74 Å². The van der Waals surface area contributed by atoms with E-state index in [4.69, 9.17) is 4.74 Å². The normalized spacial score (nSPS) is 15.6. The van der Waals surface area contributed by atoms with Crippen LogP contribution in [0.5, 0.6) is 5.75 Å². The van der Waals surface area contributed by atoms with Gasteiger partial charge in [-0.25, -0.2) is 4.98 Å². The van der Waals surface area contributed by atoms with Crippen LogP contribution in [0.15, 0.2) is 30.6 Å². The number of aromatic nitrogens is 2. The Bertz CT molecular complexity index is 1520. The quantitative estimate of drug-likeness (QED) is 0.326. The Labute approximate surface area is 237 Å². The Morgan fingerprint density at radius 1 is 1.20 bits per heavy atom. The number of likely N-dealkylation sites (tertiary alicyclic amines) is 1. The van der Waals surface area contributed by atoms with Gasteiger partial charge in [0.05, 0.1) is 18.2 Å². The molecule has 0 spiro atoms. The van der Waals surface area contributed by atoms with Crippen LogP contribution in [0, 0.1) is 22.7 Å². The summed E-state index contributed by atoms with van der Waals surface area (Å²) >= 11 is 0. The van der Waals surface area contributed by atoms with E-state index >= 15 is 0 Å². The van der Waals surface area contributed by atoms with Gasteiger partial charge >= 0.3 is 6.18 Å². The fourth-order valence-corrected chi connectivity index (χ4v) is 5.48. The first-order valence-corrected chi connectivity index (χ1v) is 13.6. The number of ketones is 1. The SMILES string of the molecule is COc1ccc(C(=O)Cc2cnc3c(c(C4CCN(C(=O)[C@@H](C)C(C)(C)C)CC4)cn3C)c2C(F)(F)F)cc1C#N. The molecule has 0 bridgehead atoms. The van der Waals surface area contributed by atoms with Gasteiger partial charge in [-0.05, 0) is 53.5 Å². The van der Waals surface area contributed by atoms with Gasteiger partial charge in [0.25, 0.3) is 0 Å². The van der Waals surface area contributed by atoms with E-state index in [2.05, 4.69) is 4.98 Å². The fourth-order valence-electron chi connectivity index (χ4n) is 5.48. The van der Waals surface area contributed by atoms with Gasteiger partial charge in [0, 0.05) is 55.8 Å². The van der Waals surface area contributed by atoms with Crippen molar-refractivity contribution < 1.29 is 27.5 Å². The Hall–Kier alpha value is -3.87. The molecule has 2 aromatic heterocycles. The second kappa shape index (κ2) is 11.2. The molecule has 218 valence electrons. The molecule has 0 radical (unpaired) electrons. The molecule has 1 saturated heterocycles. The number of carbonyl (C=O) groups is 2. The number of nitriles is 1. The van der Waals surface area contributed by atoms with Crippen molar-refractivity contribution in [2.75, 3.05) is 20.2 Å². The topological polar surface area (TPSA) is 88.2 Å². The average molecular weight is 569 g/mol. The summed E-state index contributed by atoms with van der Waals surface area (Å²) in [6, 6.07) is 6.15. The molecule has 1 atom stereocenters. The molecule has 10 heteroatoms. The standard InChI is InChI=1S/C31H35F3N4O3/c1-18(30(2,3)4)29(40)38-11-9-19(10-12-38)23-17-37(5)28-26(23)27(31(32,33)34)22(16-36-28)14-24(39)20-7-8-25(41-6)21(13-20)15-35/h7-8,13,16-19H,9-12,14H2,1-6H3/t18-/m1/s1. The molecule has 0 aliphatic carbocycles. The molecule has 0 saturated carbocycles. The maximum Gasteiger partial charge on any atom is 0.417 e. The monoisotopic (exact) mass is 568 g/mol. The minimum atomic E-state index is -4.73. The zero-order valence-electron chi connectivity index (χ0n) is 24.2. The highest BCUT2D eigenvalue weighted by Crippen LogP contribution is 2.43. The molecule has 7 nitrogen and oxygen atoms in total. The molecule has 0 unspecified atom stereocenters. The average Bonchev–Trinajstić information content (AvgIpc) is 3.26. The number of pyridine rings is 1. The Morgan fingerprint density at radius 2 is 1.85 bits per heavy atom. The highest BCUT2D eigenvalue weighted by atomic mass is 19.4. The number of hydrogen-bond donors (Lipinski definition) is 0. The summed E-state index contributed by atoms with van der Waals surface area (Å²) in [5.41, 5.74) is -0.306. The lowest BCUT2D eigenvalue weighted by atomic mass is 9.80. The number of carbonyl (C=O) groups excluding carboxylic acids is 2. The van der Waals surface area contributed by atoms with Crippen molar-refractivity contribution in [2.45, 2.75) is 59.1 Å². The van der Waals surface area contributed by atoms with Gasteiger partial charge in [0.2, 0.25) is 5.91 Å². The summed E-state index contributed by atoms with van der Waals surface area (Å²) in [6.45, 7) is 8.89. The number of piperidine rings is 1. The molecule has 3 aromatic rings. The second-order valence-electron chi connectivity index (χ2n) is 11.9. The largest absolute Gasteiger partial charge is 0.495 e. The van der Waals surface area contributed by atoms with Gasteiger partial charge in [-0.15, -0.1) is 0 Å². The van der Waals surface area contributed by atoms with Crippen molar-refractivity contribution >= 4 is 22.7 Å². The zero-order valence-corrected chi connectivity index (χ0v) is 24.2. The highest BCUT2D eigenvalue weighted by molar-refractivity contribution is 5.99. The van der Waals surface area contributed by atoms with Crippen molar-refractivity contribution in [3.05, 3.63) is 58.4 Å². The first-order valence-electron chi connectivity index (χ1n) is 13.6. The molecule has 0 N–H and O–H groups in total. The molecule has 41 heavy (non-hydrogen) atoms. The van der Waals surface area contributed by atoms with E-state index in [1.54, 1.807) is 17.8 Å². The number of aryl methyl sites for hydroxylation is 1. The lowest BCUT2D eigenvalue weighted by molar-refractivity contribution is -0.139. The van der Waals surface area contributed by atoms with E-state index in [1.807, 2.05) is 38.7 Å².